The van der Waals surface area contributed by atoms with Gasteiger partial charge in [0.2, 0.25) is 10.0 Å². The number of anilines is 1. The molecule has 0 bridgehead atoms. The minimum Gasteiger partial charge on any atom is -0.378 e. The van der Waals surface area contributed by atoms with Gasteiger partial charge in [-0.05, 0) is 48.4 Å². The van der Waals surface area contributed by atoms with Gasteiger partial charge in [0.05, 0.1) is 4.90 Å². The summed E-state index contributed by atoms with van der Waals surface area (Å²) in [6.07, 6.45) is 0.591. The molecule has 0 heterocycles. The molecule has 0 aliphatic heterocycles. The second-order valence-corrected chi connectivity index (χ2v) is 6.93. The Morgan fingerprint density at radius 3 is 2.14 bits per heavy atom. The van der Waals surface area contributed by atoms with Crippen LogP contribution in [0.25, 0.3) is 0 Å². The van der Waals surface area contributed by atoms with E-state index >= 15 is 0 Å². The van der Waals surface area contributed by atoms with Crippen LogP contribution in [0.5, 0.6) is 0 Å². The van der Waals surface area contributed by atoms with Crippen LogP contribution in [0.15, 0.2) is 53.4 Å². The highest BCUT2D eigenvalue weighted by molar-refractivity contribution is 7.89. The molecule has 0 saturated carbocycles. The molecule has 118 valence electrons. The van der Waals surface area contributed by atoms with Gasteiger partial charge in [0.1, 0.15) is 5.82 Å². The smallest absolute Gasteiger partial charge is 0.240 e. The first kappa shape index (κ1) is 16.5. The molecule has 2 aromatic rings. The molecular weight excluding hydrogens is 303 g/mol. The fourth-order valence-electron chi connectivity index (χ4n) is 1.99. The molecule has 1 N–H and O–H groups in total. The molecule has 0 saturated heterocycles. The zero-order valence-electron chi connectivity index (χ0n) is 12.6. The van der Waals surface area contributed by atoms with E-state index in [-0.39, 0.29) is 4.90 Å². The molecule has 0 spiro atoms. The number of benzene rings is 2. The van der Waals surface area contributed by atoms with Gasteiger partial charge >= 0.3 is 0 Å². The first-order chi connectivity index (χ1) is 10.4. The summed E-state index contributed by atoms with van der Waals surface area (Å²) >= 11 is 0. The average molecular weight is 322 g/mol. The molecule has 4 nitrogen and oxygen atoms in total. The number of nitrogens with one attached hydrogen (secondary N) is 1. The molecule has 0 aliphatic carbocycles. The van der Waals surface area contributed by atoms with Crippen molar-refractivity contribution >= 4 is 15.7 Å². The summed E-state index contributed by atoms with van der Waals surface area (Å²) in [7, 11) is 0.335. The van der Waals surface area contributed by atoms with Crippen molar-refractivity contribution < 1.29 is 12.8 Å². The van der Waals surface area contributed by atoms with Crippen LogP contribution in [0.1, 0.15) is 5.56 Å². The Labute approximate surface area is 130 Å². The number of sulfonamides is 1. The van der Waals surface area contributed by atoms with Crippen molar-refractivity contribution in [1.82, 2.24) is 4.72 Å². The maximum atomic E-state index is 12.8. The maximum Gasteiger partial charge on any atom is 0.240 e. The highest BCUT2D eigenvalue weighted by Gasteiger charge is 2.13. The van der Waals surface area contributed by atoms with Crippen LogP contribution < -0.4 is 9.62 Å². The molecule has 2 aromatic carbocycles. The Bertz CT molecular complexity index is 711. The number of nitrogens with zero attached hydrogens (tertiary/aromatic N) is 1. The van der Waals surface area contributed by atoms with E-state index in [2.05, 4.69) is 4.72 Å². The first-order valence-electron chi connectivity index (χ1n) is 6.90. The maximum absolute atomic E-state index is 12.8. The predicted molar refractivity (Wildman–Crippen MR) is 86.1 cm³/mol. The molecule has 0 radical (unpaired) electrons. The summed E-state index contributed by atoms with van der Waals surface area (Å²) in [6.45, 7) is 0.293. The van der Waals surface area contributed by atoms with Crippen LogP contribution in [-0.4, -0.2) is 29.1 Å². The van der Waals surface area contributed by atoms with Crippen LogP contribution in [0, 0.1) is 5.82 Å². The highest BCUT2D eigenvalue weighted by Crippen LogP contribution is 2.13. The molecule has 0 aromatic heterocycles. The Hall–Kier alpha value is -1.92. The van der Waals surface area contributed by atoms with Gasteiger partial charge in [0.25, 0.3) is 0 Å². The molecule has 0 amide bonds. The Kier molecular flexibility index (Phi) is 5.15. The summed E-state index contributed by atoms with van der Waals surface area (Å²) in [4.78, 5) is 2.07. The van der Waals surface area contributed by atoms with E-state index in [1.807, 2.05) is 43.3 Å². The van der Waals surface area contributed by atoms with Gasteiger partial charge in [-0.1, -0.05) is 12.1 Å². The molecule has 0 aliphatic rings. The number of hydrogen-bond donors (Lipinski definition) is 1. The second-order valence-electron chi connectivity index (χ2n) is 5.16. The van der Waals surface area contributed by atoms with Crippen LogP contribution >= 0.6 is 0 Å². The normalized spacial score (nSPS) is 11.4. The topological polar surface area (TPSA) is 49.4 Å². The molecule has 6 heteroatoms. The SMILES string of the molecule is CN(C)c1ccc(CCNS(=O)(=O)c2ccc(F)cc2)cc1. The Morgan fingerprint density at radius 1 is 1.00 bits per heavy atom. The van der Waals surface area contributed by atoms with Gasteiger partial charge in [-0.3, -0.25) is 0 Å². The van der Waals surface area contributed by atoms with Gasteiger partial charge in [-0.2, -0.15) is 0 Å². The van der Waals surface area contributed by atoms with Crippen molar-refractivity contribution in [3.63, 3.8) is 0 Å². The molecule has 0 unspecified atom stereocenters. The summed E-state index contributed by atoms with van der Waals surface area (Å²) < 4.78 is 39.4. The largest absolute Gasteiger partial charge is 0.378 e. The lowest BCUT2D eigenvalue weighted by atomic mass is 10.1. The predicted octanol–water partition coefficient (Wildman–Crippen LogP) is 2.41. The van der Waals surface area contributed by atoms with E-state index in [9.17, 15) is 12.8 Å². The van der Waals surface area contributed by atoms with E-state index in [1.54, 1.807) is 0 Å². The van der Waals surface area contributed by atoms with Gasteiger partial charge < -0.3 is 4.90 Å². The molecule has 0 fully saturated rings. The van der Waals surface area contributed by atoms with Crippen molar-refractivity contribution in [3.05, 3.63) is 59.9 Å². The molecular formula is C16H19FN2O2S. The first-order valence-corrected chi connectivity index (χ1v) is 8.38. The fourth-order valence-corrected chi connectivity index (χ4v) is 3.02. The highest BCUT2D eigenvalue weighted by atomic mass is 32.2. The zero-order valence-corrected chi connectivity index (χ0v) is 13.4. The lowest BCUT2D eigenvalue weighted by Gasteiger charge is -2.12. The monoisotopic (exact) mass is 322 g/mol. The van der Waals surface area contributed by atoms with Crippen molar-refractivity contribution in [1.29, 1.82) is 0 Å². The quantitative estimate of drug-likeness (QED) is 0.888. The molecule has 0 atom stereocenters. The van der Waals surface area contributed by atoms with Gasteiger partial charge in [-0.15, -0.1) is 0 Å². The third-order valence-corrected chi connectivity index (χ3v) is 4.76. The average Bonchev–Trinajstić information content (AvgIpc) is 2.48. The molecule has 22 heavy (non-hydrogen) atoms. The number of rotatable bonds is 6. The number of hydrogen-bond acceptors (Lipinski definition) is 3. The van der Waals surface area contributed by atoms with Gasteiger partial charge in [0.15, 0.2) is 0 Å². The third-order valence-electron chi connectivity index (χ3n) is 3.28. The third kappa shape index (κ3) is 4.29. The van der Waals surface area contributed by atoms with Crippen LogP contribution in [0.4, 0.5) is 10.1 Å². The van der Waals surface area contributed by atoms with Crippen LogP contribution in [0.2, 0.25) is 0 Å². The summed E-state index contributed by atoms with van der Waals surface area (Å²) in [5.74, 6) is -0.458. The van der Waals surface area contributed by atoms with Crippen molar-refractivity contribution in [2.24, 2.45) is 0 Å². The van der Waals surface area contributed by atoms with Gasteiger partial charge in [-0.25, -0.2) is 17.5 Å². The Balaban J connectivity index is 1.93. The van der Waals surface area contributed by atoms with E-state index < -0.39 is 15.8 Å². The molecule has 2 rings (SSSR count). The minimum atomic E-state index is -3.59. The zero-order chi connectivity index (χ0) is 16.2. The summed E-state index contributed by atoms with van der Waals surface area (Å²) in [6, 6.07) is 12.7. The second kappa shape index (κ2) is 6.89. The fraction of sp³-hybridized carbons (Fsp3) is 0.250. The van der Waals surface area contributed by atoms with Crippen LogP contribution in [0.3, 0.4) is 0 Å². The van der Waals surface area contributed by atoms with Crippen LogP contribution in [-0.2, 0) is 16.4 Å². The minimum absolute atomic E-state index is 0.0665. The van der Waals surface area contributed by atoms with Crippen molar-refractivity contribution in [2.45, 2.75) is 11.3 Å². The Morgan fingerprint density at radius 2 is 1.59 bits per heavy atom. The van der Waals surface area contributed by atoms with Crippen molar-refractivity contribution in [2.75, 3.05) is 25.5 Å². The van der Waals surface area contributed by atoms with E-state index in [0.717, 1.165) is 23.4 Å². The standard InChI is InChI=1S/C16H19FN2O2S/c1-19(2)15-7-3-13(4-8-15)11-12-18-22(20,21)16-9-5-14(17)6-10-16/h3-10,18H,11-12H2,1-2H3. The summed E-state index contributed by atoms with van der Waals surface area (Å²) in [5, 5.41) is 0. The number of halogens is 1. The lowest BCUT2D eigenvalue weighted by molar-refractivity contribution is 0.580. The summed E-state index contributed by atoms with van der Waals surface area (Å²) in [5.41, 5.74) is 2.14. The van der Waals surface area contributed by atoms with Gasteiger partial charge in [0, 0.05) is 26.3 Å². The van der Waals surface area contributed by atoms with E-state index in [0.29, 0.717) is 13.0 Å². The van der Waals surface area contributed by atoms with Crippen molar-refractivity contribution in [3.8, 4) is 0 Å². The lowest BCUT2D eigenvalue weighted by Crippen LogP contribution is -2.26. The van der Waals surface area contributed by atoms with E-state index in [4.69, 9.17) is 0 Å². The van der Waals surface area contributed by atoms with E-state index in [1.165, 1.54) is 12.1 Å².